The lowest BCUT2D eigenvalue weighted by Gasteiger charge is -2.20. The lowest BCUT2D eigenvalue weighted by Crippen LogP contribution is -2.22. The van der Waals surface area contributed by atoms with Gasteiger partial charge in [-0.25, -0.2) is 0 Å². The molecular weight excluding hydrogens is 282 g/mol. The van der Waals surface area contributed by atoms with Crippen molar-refractivity contribution in [3.8, 4) is 0 Å². The summed E-state index contributed by atoms with van der Waals surface area (Å²) in [5.74, 6) is 0.944. The first-order chi connectivity index (χ1) is 10.2. The Balaban J connectivity index is 2.21. The molecule has 0 aliphatic carbocycles. The Bertz CT molecular complexity index is 763. The Hall–Kier alpha value is -1.77. The van der Waals surface area contributed by atoms with Crippen LogP contribution < -0.4 is 5.32 Å². The monoisotopic (exact) mass is 299 g/mol. The Morgan fingerprint density at radius 2 is 1.81 bits per heavy atom. The first-order valence-electron chi connectivity index (χ1n) is 7.17. The van der Waals surface area contributed by atoms with Crippen molar-refractivity contribution >= 4 is 22.4 Å². The van der Waals surface area contributed by atoms with E-state index in [4.69, 9.17) is 16.0 Å². The average Bonchev–Trinajstić information content (AvgIpc) is 2.92. The molecule has 1 heterocycles. The third kappa shape index (κ3) is 2.57. The average molecular weight is 300 g/mol. The van der Waals surface area contributed by atoms with Crippen molar-refractivity contribution < 1.29 is 4.42 Å². The van der Waals surface area contributed by atoms with Gasteiger partial charge in [-0.3, -0.25) is 0 Å². The van der Waals surface area contributed by atoms with E-state index in [1.165, 1.54) is 16.5 Å². The molecule has 2 nitrogen and oxygen atoms in total. The maximum atomic E-state index is 6.33. The van der Waals surface area contributed by atoms with Gasteiger partial charge in [-0.05, 0) is 36.6 Å². The summed E-state index contributed by atoms with van der Waals surface area (Å²) in [7, 11) is 0. The van der Waals surface area contributed by atoms with Crippen molar-refractivity contribution in [2.75, 3.05) is 6.54 Å². The van der Waals surface area contributed by atoms with Gasteiger partial charge in [-0.1, -0.05) is 48.9 Å². The zero-order valence-corrected chi connectivity index (χ0v) is 12.9. The number of fused-ring (bicyclic) bond motifs is 1. The van der Waals surface area contributed by atoms with Gasteiger partial charge in [-0.15, -0.1) is 0 Å². The van der Waals surface area contributed by atoms with Crippen molar-refractivity contribution in [2.24, 2.45) is 0 Å². The lowest BCUT2D eigenvalue weighted by molar-refractivity contribution is 0.520. The Kier molecular flexibility index (Phi) is 4.00. The molecule has 108 valence electrons. The van der Waals surface area contributed by atoms with Crippen LogP contribution in [0.3, 0.4) is 0 Å². The van der Waals surface area contributed by atoms with Crippen molar-refractivity contribution in [3.63, 3.8) is 0 Å². The van der Waals surface area contributed by atoms with E-state index in [1.807, 2.05) is 31.2 Å². The molecule has 1 unspecified atom stereocenters. The van der Waals surface area contributed by atoms with E-state index < -0.39 is 0 Å². The molecule has 0 saturated carbocycles. The summed E-state index contributed by atoms with van der Waals surface area (Å²) in [4.78, 5) is 0. The molecule has 3 aromatic rings. The highest BCUT2D eigenvalue weighted by molar-refractivity contribution is 6.35. The fourth-order valence-electron chi connectivity index (χ4n) is 2.82. The number of nitrogens with one attached hydrogen (secondary N) is 1. The fourth-order valence-corrected chi connectivity index (χ4v) is 3.05. The number of hydrogen-bond acceptors (Lipinski definition) is 2. The standard InChI is InChI=1S/C18H18ClNO/c1-3-20-18(13-10-11-21-12(13)2)16-8-9-17(19)15-7-5-4-6-14(15)16/h4-11,18,20H,3H2,1-2H3. The predicted octanol–water partition coefficient (Wildman–Crippen LogP) is 5.09. The summed E-state index contributed by atoms with van der Waals surface area (Å²) in [6, 6.07) is 14.5. The number of furan rings is 1. The Labute approximate surface area is 129 Å². The minimum atomic E-state index is 0.107. The van der Waals surface area contributed by atoms with E-state index in [0.717, 1.165) is 22.7 Å². The second-order valence-corrected chi connectivity index (χ2v) is 5.51. The first kappa shape index (κ1) is 14.2. The predicted molar refractivity (Wildman–Crippen MR) is 87.9 cm³/mol. The quantitative estimate of drug-likeness (QED) is 0.725. The zero-order chi connectivity index (χ0) is 14.8. The highest BCUT2D eigenvalue weighted by Crippen LogP contribution is 2.34. The smallest absolute Gasteiger partial charge is 0.105 e. The van der Waals surface area contributed by atoms with Gasteiger partial charge < -0.3 is 9.73 Å². The van der Waals surface area contributed by atoms with Crippen LogP contribution in [0.4, 0.5) is 0 Å². The molecule has 21 heavy (non-hydrogen) atoms. The Morgan fingerprint density at radius 1 is 1.05 bits per heavy atom. The lowest BCUT2D eigenvalue weighted by atomic mass is 9.94. The van der Waals surface area contributed by atoms with Crippen LogP contribution >= 0.6 is 11.6 Å². The molecule has 0 saturated heterocycles. The number of halogens is 1. The number of benzene rings is 2. The largest absolute Gasteiger partial charge is 0.469 e. The zero-order valence-electron chi connectivity index (χ0n) is 12.2. The van der Waals surface area contributed by atoms with Gasteiger partial charge in [0, 0.05) is 16.0 Å². The molecule has 3 heteroatoms. The summed E-state index contributed by atoms with van der Waals surface area (Å²) < 4.78 is 5.48. The summed E-state index contributed by atoms with van der Waals surface area (Å²) in [6.45, 7) is 4.99. The SMILES string of the molecule is CCNC(c1ccoc1C)c1ccc(Cl)c2ccccc12. The maximum absolute atomic E-state index is 6.33. The van der Waals surface area contributed by atoms with E-state index in [1.54, 1.807) is 6.26 Å². The molecule has 1 aromatic heterocycles. The van der Waals surface area contributed by atoms with E-state index in [2.05, 4.69) is 30.4 Å². The molecule has 0 spiro atoms. The van der Waals surface area contributed by atoms with Crippen molar-refractivity contribution in [1.82, 2.24) is 5.32 Å². The molecule has 1 N–H and O–H groups in total. The molecule has 2 aromatic carbocycles. The number of hydrogen-bond donors (Lipinski definition) is 1. The fraction of sp³-hybridized carbons (Fsp3) is 0.222. The highest BCUT2D eigenvalue weighted by atomic mass is 35.5. The van der Waals surface area contributed by atoms with Crippen molar-refractivity contribution in [2.45, 2.75) is 19.9 Å². The van der Waals surface area contributed by atoms with Gasteiger partial charge in [-0.2, -0.15) is 0 Å². The van der Waals surface area contributed by atoms with E-state index in [9.17, 15) is 0 Å². The normalized spacial score (nSPS) is 12.7. The molecule has 0 amide bonds. The van der Waals surface area contributed by atoms with Gasteiger partial charge >= 0.3 is 0 Å². The van der Waals surface area contributed by atoms with Crippen LogP contribution in [-0.2, 0) is 0 Å². The molecule has 0 radical (unpaired) electrons. The van der Waals surface area contributed by atoms with Gasteiger partial charge in [0.05, 0.1) is 12.3 Å². The molecular formula is C18H18ClNO. The van der Waals surface area contributed by atoms with Gasteiger partial charge in [0.15, 0.2) is 0 Å². The Morgan fingerprint density at radius 3 is 2.48 bits per heavy atom. The van der Waals surface area contributed by atoms with Gasteiger partial charge in [0.25, 0.3) is 0 Å². The van der Waals surface area contributed by atoms with Crippen LogP contribution in [0, 0.1) is 6.92 Å². The molecule has 0 aliphatic rings. The third-order valence-corrected chi connectivity index (χ3v) is 4.16. The van der Waals surface area contributed by atoms with E-state index in [-0.39, 0.29) is 6.04 Å². The van der Waals surface area contributed by atoms with E-state index >= 15 is 0 Å². The number of aryl methyl sites for hydroxylation is 1. The first-order valence-corrected chi connectivity index (χ1v) is 7.54. The maximum Gasteiger partial charge on any atom is 0.105 e. The molecule has 0 aliphatic heterocycles. The molecule has 0 bridgehead atoms. The minimum Gasteiger partial charge on any atom is -0.469 e. The van der Waals surface area contributed by atoms with Gasteiger partial charge in [0.2, 0.25) is 0 Å². The summed E-state index contributed by atoms with van der Waals surface area (Å²) in [5.41, 5.74) is 2.39. The molecule has 1 atom stereocenters. The third-order valence-electron chi connectivity index (χ3n) is 3.83. The van der Waals surface area contributed by atoms with Crippen LogP contribution in [0.5, 0.6) is 0 Å². The topological polar surface area (TPSA) is 25.2 Å². The van der Waals surface area contributed by atoms with Crippen LogP contribution in [0.25, 0.3) is 10.8 Å². The van der Waals surface area contributed by atoms with Crippen molar-refractivity contribution in [1.29, 1.82) is 0 Å². The van der Waals surface area contributed by atoms with Crippen LogP contribution in [0.2, 0.25) is 5.02 Å². The van der Waals surface area contributed by atoms with Crippen LogP contribution in [-0.4, -0.2) is 6.54 Å². The highest BCUT2D eigenvalue weighted by Gasteiger charge is 2.19. The van der Waals surface area contributed by atoms with Gasteiger partial charge in [0.1, 0.15) is 5.76 Å². The van der Waals surface area contributed by atoms with Crippen LogP contribution in [0.1, 0.15) is 29.9 Å². The summed E-state index contributed by atoms with van der Waals surface area (Å²) in [5, 5.41) is 6.60. The van der Waals surface area contributed by atoms with E-state index in [0.29, 0.717) is 0 Å². The number of rotatable bonds is 4. The van der Waals surface area contributed by atoms with Crippen LogP contribution in [0.15, 0.2) is 53.1 Å². The minimum absolute atomic E-state index is 0.107. The second-order valence-electron chi connectivity index (χ2n) is 5.11. The molecule has 0 fully saturated rings. The molecule has 3 rings (SSSR count). The van der Waals surface area contributed by atoms with Crippen molar-refractivity contribution in [3.05, 3.63) is 70.6 Å². The second kappa shape index (κ2) is 5.92. The summed E-state index contributed by atoms with van der Waals surface area (Å²) >= 11 is 6.33. The summed E-state index contributed by atoms with van der Waals surface area (Å²) in [6.07, 6.45) is 1.74.